The van der Waals surface area contributed by atoms with Gasteiger partial charge in [-0.3, -0.25) is 4.68 Å². The lowest BCUT2D eigenvalue weighted by Gasteiger charge is -2.09. The zero-order valence-corrected chi connectivity index (χ0v) is 9.46. The SMILES string of the molecule is CCc1cc(CC)n(CC(O)CCl)n1. The molecule has 0 aliphatic heterocycles. The van der Waals surface area contributed by atoms with Crippen LogP contribution in [-0.4, -0.2) is 26.9 Å². The fraction of sp³-hybridized carbons (Fsp3) is 0.700. The van der Waals surface area contributed by atoms with Gasteiger partial charge >= 0.3 is 0 Å². The summed E-state index contributed by atoms with van der Waals surface area (Å²) in [6.07, 6.45) is 1.35. The number of nitrogens with zero attached hydrogens (tertiary/aromatic N) is 2. The molecule has 1 aromatic rings. The maximum atomic E-state index is 9.42. The summed E-state index contributed by atoms with van der Waals surface area (Å²) in [5.41, 5.74) is 2.23. The molecule has 0 aromatic carbocycles. The molecule has 3 nitrogen and oxygen atoms in total. The minimum absolute atomic E-state index is 0.254. The Morgan fingerprint density at radius 1 is 1.50 bits per heavy atom. The second-order valence-electron chi connectivity index (χ2n) is 3.32. The molecule has 80 valence electrons. The molecule has 1 rings (SSSR count). The van der Waals surface area contributed by atoms with E-state index in [1.54, 1.807) is 0 Å². The van der Waals surface area contributed by atoms with Crippen molar-refractivity contribution < 1.29 is 5.11 Å². The largest absolute Gasteiger partial charge is 0.390 e. The van der Waals surface area contributed by atoms with Gasteiger partial charge in [-0.25, -0.2) is 0 Å². The van der Waals surface area contributed by atoms with Gasteiger partial charge in [-0.2, -0.15) is 5.10 Å². The van der Waals surface area contributed by atoms with Crippen molar-refractivity contribution in [3.05, 3.63) is 17.5 Å². The average molecular weight is 217 g/mol. The average Bonchev–Trinajstić information content (AvgIpc) is 2.60. The highest BCUT2D eigenvalue weighted by Gasteiger charge is 2.09. The molecule has 1 N–H and O–H groups in total. The van der Waals surface area contributed by atoms with Crippen molar-refractivity contribution >= 4 is 11.6 Å². The van der Waals surface area contributed by atoms with E-state index in [1.807, 2.05) is 4.68 Å². The van der Waals surface area contributed by atoms with E-state index < -0.39 is 6.10 Å². The maximum absolute atomic E-state index is 9.42. The molecule has 0 aliphatic carbocycles. The summed E-state index contributed by atoms with van der Waals surface area (Å²) in [6, 6.07) is 2.08. The molecule has 0 amide bonds. The van der Waals surface area contributed by atoms with Crippen LogP contribution >= 0.6 is 11.6 Å². The van der Waals surface area contributed by atoms with E-state index in [9.17, 15) is 5.11 Å². The fourth-order valence-corrected chi connectivity index (χ4v) is 1.48. The third-order valence-corrected chi connectivity index (χ3v) is 2.56. The van der Waals surface area contributed by atoms with E-state index in [0.717, 1.165) is 24.2 Å². The van der Waals surface area contributed by atoms with Gasteiger partial charge in [0.15, 0.2) is 0 Å². The molecule has 1 heterocycles. The monoisotopic (exact) mass is 216 g/mol. The number of aliphatic hydroxyl groups excluding tert-OH is 1. The molecule has 0 fully saturated rings. The van der Waals surface area contributed by atoms with Gasteiger partial charge in [-0.15, -0.1) is 11.6 Å². The van der Waals surface area contributed by atoms with Crippen molar-refractivity contribution in [2.75, 3.05) is 5.88 Å². The molecule has 0 saturated carbocycles. The topological polar surface area (TPSA) is 38.0 Å². The number of aryl methyl sites for hydroxylation is 2. The van der Waals surface area contributed by atoms with Crippen molar-refractivity contribution in [3.63, 3.8) is 0 Å². The molecule has 0 bridgehead atoms. The van der Waals surface area contributed by atoms with Crippen LogP contribution in [0, 0.1) is 0 Å². The Labute approximate surface area is 89.7 Å². The lowest BCUT2D eigenvalue weighted by atomic mass is 10.2. The quantitative estimate of drug-likeness (QED) is 0.760. The zero-order chi connectivity index (χ0) is 10.6. The molecular formula is C10H17ClN2O. The Morgan fingerprint density at radius 3 is 2.71 bits per heavy atom. The highest BCUT2D eigenvalue weighted by molar-refractivity contribution is 6.18. The predicted molar refractivity (Wildman–Crippen MR) is 57.7 cm³/mol. The summed E-state index contributed by atoms with van der Waals surface area (Å²) >= 11 is 5.55. The second kappa shape index (κ2) is 5.37. The van der Waals surface area contributed by atoms with E-state index in [1.165, 1.54) is 0 Å². The van der Waals surface area contributed by atoms with Crippen LogP contribution in [0.5, 0.6) is 0 Å². The second-order valence-corrected chi connectivity index (χ2v) is 3.63. The summed E-state index contributed by atoms with van der Waals surface area (Å²) < 4.78 is 1.85. The molecule has 4 heteroatoms. The molecule has 0 saturated heterocycles. The highest BCUT2D eigenvalue weighted by atomic mass is 35.5. The van der Waals surface area contributed by atoms with Crippen LogP contribution < -0.4 is 0 Å². The number of rotatable bonds is 5. The first-order chi connectivity index (χ1) is 6.71. The Kier molecular flexibility index (Phi) is 4.42. The van der Waals surface area contributed by atoms with E-state index in [2.05, 4.69) is 25.0 Å². The molecular weight excluding hydrogens is 200 g/mol. The molecule has 0 aliphatic rings. The predicted octanol–water partition coefficient (Wildman–Crippen LogP) is 1.61. The number of hydrogen-bond acceptors (Lipinski definition) is 2. The number of aliphatic hydroxyl groups is 1. The first-order valence-electron chi connectivity index (χ1n) is 5.00. The minimum atomic E-state index is -0.508. The van der Waals surface area contributed by atoms with Crippen LogP contribution in [0.1, 0.15) is 25.2 Å². The number of hydrogen-bond donors (Lipinski definition) is 1. The van der Waals surface area contributed by atoms with E-state index in [0.29, 0.717) is 6.54 Å². The van der Waals surface area contributed by atoms with Crippen LogP contribution in [0.15, 0.2) is 6.07 Å². The summed E-state index contributed by atoms with van der Waals surface area (Å²) in [5.74, 6) is 0.254. The van der Waals surface area contributed by atoms with E-state index >= 15 is 0 Å². The third-order valence-electron chi connectivity index (χ3n) is 2.20. The van der Waals surface area contributed by atoms with Gasteiger partial charge in [0.2, 0.25) is 0 Å². The summed E-state index contributed by atoms with van der Waals surface area (Å²) in [7, 11) is 0. The Balaban J connectivity index is 2.78. The lowest BCUT2D eigenvalue weighted by Crippen LogP contribution is -2.19. The van der Waals surface area contributed by atoms with Crippen LogP contribution in [0.4, 0.5) is 0 Å². The van der Waals surface area contributed by atoms with E-state index in [-0.39, 0.29) is 5.88 Å². The van der Waals surface area contributed by atoms with Gasteiger partial charge in [0.25, 0.3) is 0 Å². The van der Waals surface area contributed by atoms with Gasteiger partial charge in [0, 0.05) is 5.69 Å². The van der Waals surface area contributed by atoms with Crippen molar-refractivity contribution in [2.45, 2.75) is 39.3 Å². The summed E-state index contributed by atoms with van der Waals surface area (Å²) in [6.45, 7) is 4.65. The van der Waals surface area contributed by atoms with Crippen molar-refractivity contribution in [1.29, 1.82) is 0 Å². The Bertz CT molecular complexity index is 286. The smallest absolute Gasteiger partial charge is 0.0871 e. The van der Waals surface area contributed by atoms with Crippen LogP contribution in [0.2, 0.25) is 0 Å². The fourth-order valence-electron chi connectivity index (χ4n) is 1.38. The van der Waals surface area contributed by atoms with Crippen molar-refractivity contribution in [3.8, 4) is 0 Å². The maximum Gasteiger partial charge on any atom is 0.0871 e. The Hall–Kier alpha value is -0.540. The number of alkyl halides is 1. The van der Waals surface area contributed by atoms with Crippen molar-refractivity contribution in [1.82, 2.24) is 9.78 Å². The minimum Gasteiger partial charge on any atom is -0.390 e. The first-order valence-corrected chi connectivity index (χ1v) is 5.54. The number of halogens is 1. The molecule has 1 atom stereocenters. The summed E-state index contributed by atoms with van der Waals surface area (Å²) in [5, 5.41) is 13.8. The normalized spacial score (nSPS) is 13.1. The van der Waals surface area contributed by atoms with Crippen LogP contribution in [0.25, 0.3) is 0 Å². The third kappa shape index (κ3) is 2.72. The van der Waals surface area contributed by atoms with Gasteiger partial charge < -0.3 is 5.11 Å². The standard InChI is InChI=1S/C10H17ClN2O/c1-3-8-5-9(4-2)13(12-8)7-10(14)6-11/h5,10,14H,3-4,6-7H2,1-2H3. The highest BCUT2D eigenvalue weighted by Crippen LogP contribution is 2.07. The molecule has 14 heavy (non-hydrogen) atoms. The van der Waals surface area contributed by atoms with Crippen LogP contribution in [0.3, 0.4) is 0 Å². The molecule has 0 spiro atoms. The first kappa shape index (κ1) is 11.5. The molecule has 1 aromatic heterocycles. The lowest BCUT2D eigenvalue weighted by molar-refractivity contribution is 0.170. The zero-order valence-electron chi connectivity index (χ0n) is 8.70. The van der Waals surface area contributed by atoms with Crippen LogP contribution in [-0.2, 0) is 19.4 Å². The van der Waals surface area contributed by atoms with Gasteiger partial charge in [0.1, 0.15) is 0 Å². The number of aromatic nitrogens is 2. The Morgan fingerprint density at radius 2 is 2.21 bits per heavy atom. The van der Waals surface area contributed by atoms with Gasteiger partial charge in [-0.1, -0.05) is 13.8 Å². The van der Waals surface area contributed by atoms with E-state index in [4.69, 9.17) is 11.6 Å². The van der Waals surface area contributed by atoms with Gasteiger partial charge in [-0.05, 0) is 18.9 Å². The van der Waals surface area contributed by atoms with Gasteiger partial charge in [0.05, 0.1) is 24.2 Å². The van der Waals surface area contributed by atoms with Crippen molar-refractivity contribution in [2.24, 2.45) is 0 Å². The molecule has 1 unspecified atom stereocenters. The summed E-state index contributed by atoms with van der Waals surface area (Å²) in [4.78, 5) is 0. The molecule has 0 radical (unpaired) electrons.